The van der Waals surface area contributed by atoms with Crippen LogP contribution in [0.2, 0.25) is 5.02 Å². The van der Waals surface area contributed by atoms with E-state index in [1.807, 2.05) is 0 Å². The summed E-state index contributed by atoms with van der Waals surface area (Å²) in [5, 5.41) is 3.90. The topological polar surface area (TPSA) is 12.0 Å². The van der Waals surface area contributed by atoms with Crippen molar-refractivity contribution in [1.29, 1.82) is 0 Å². The number of benzene rings is 1. The lowest BCUT2D eigenvalue weighted by Gasteiger charge is -2.17. The number of likely N-dealkylation sites (N-methyl/N-ethyl adjacent to an activating group) is 1. The molecule has 1 aliphatic rings. The molecule has 2 rings (SSSR count). The molecule has 0 radical (unpaired) electrons. The van der Waals surface area contributed by atoms with Crippen LogP contribution in [0.4, 0.5) is 4.39 Å². The van der Waals surface area contributed by atoms with Gasteiger partial charge >= 0.3 is 0 Å². The van der Waals surface area contributed by atoms with E-state index in [0.717, 1.165) is 24.4 Å². The Labute approximate surface area is 101 Å². The van der Waals surface area contributed by atoms with E-state index in [4.69, 9.17) is 11.6 Å². The van der Waals surface area contributed by atoms with Crippen LogP contribution < -0.4 is 5.32 Å². The number of rotatable bonds is 5. The van der Waals surface area contributed by atoms with Gasteiger partial charge in [-0.05, 0) is 49.4 Å². The molecule has 1 unspecified atom stereocenters. The van der Waals surface area contributed by atoms with Crippen molar-refractivity contribution in [1.82, 2.24) is 5.32 Å². The summed E-state index contributed by atoms with van der Waals surface area (Å²) in [7, 11) is 0. The molecule has 1 N–H and O–H groups in total. The third-order valence-electron chi connectivity index (χ3n) is 3.11. The monoisotopic (exact) mass is 241 g/mol. The van der Waals surface area contributed by atoms with Gasteiger partial charge < -0.3 is 5.32 Å². The standard InChI is InChI=1S/C13H17ClFN/c1-2-16-13(9-3-4-9)7-10-5-6-11(14)8-12(10)15/h5-6,8-9,13,16H,2-4,7H2,1H3. The Morgan fingerprint density at radius 3 is 2.81 bits per heavy atom. The average Bonchev–Trinajstić information content (AvgIpc) is 3.04. The van der Waals surface area contributed by atoms with Crippen molar-refractivity contribution in [3.63, 3.8) is 0 Å². The van der Waals surface area contributed by atoms with E-state index >= 15 is 0 Å². The van der Waals surface area contributed by atoms with Gasteiger partial charge in [-0.2, -0.15) is 0 Å². The third-order valence-corrected chi connectivity index (χ3v) is 3.35. The average molecular weight is 242 g/mol. The van der Waals surface area contributed by atoms with Crippen molar-refractivity contribution in [2.24, 2.45) is 5.92 Å². The van der Waals surface area contributed by atoms with E-state index < -0.39 is 0 Å². The molecule has 0 spiro atoms. The van der Waals surface area contributed by atoms with Crippen LogP contribution in [0, 0.1) is 11.7 Å². The Morgan fingerprint density at radius 2 is 2.25 bits per heavy atom. The molecule has 88 valence electrons. The van der Waals surface area contributed by atoms with Crippen molar-refractivity contribution in [2.75, 3.05) is 6.54 Å². The van der Waals surface area contributed by atoms with Gasteiger partial charge in [0.05, 0.1) is 0 Å². The van der Waals surface area contributed by atoms with Gasteiger partial charge in [0.2, 0.25) is 0 Å². The zero-order valence-electron chi connectivity index (χ0n) is 9.47. The highest BCUT2D eigenvalue weighted by molar-refractivity contribution is 6.30. The van der Waals surface area contributed by atoms with E-state index in [1.54, 1.807) is 12.1 Å². The molecule has 0 amide bonds. The first kappa shape index (κ1) is 11.9. The predicted octanol–water partition coefficient (Wildman–Crippen LogP) is 3.41. The first-order valence-corrected chi connectivity index (χ1v) is 6.25. The highest BCUT2D eigenvalue weighted by atomic mass is 35.5. The minimum absolute atomic E-state index is 0.184. The molecule has 1 aromatic rings. The van der Waals surface area contributed by atoms with Crippen molar-refractivity contribution in [2.45, 2.75) is 32.2 Å². The lowest BCUT2D eigenvalue weighted by molar-refractivity contribution is 0.463. The maximum Gasteiger partial charge on any atom is 0.127 e. The van der Waals surface area contributed by atoms with E-state index in [2.05, 4.69) is 12.2 Å². The summed E-state index contributed by atoms with van der Waals surface area (Å²) in [4.78, 5) is 0. The van der Waals surface area contributed by atoms with Crippen molar-refractivity contribution < 1.29 is 4.39 Å². The second-order valence-corrected chi connectivity index (χ2v) is 4.88. The summed E-state index contributed by atoms with van der Waals surface area (Å²) in [6.07, 6.45) is 3.31. The first-order valence-electron chi connectivity index (χ1n) is 5.88. The Bertz CT molecular complexity index is 363. The highest BCUT2D eigenvalue weighted by Crippen LogP contribution is 2.34. The quantitative estimate of drug-likeness (QED) is 0.833. The molecule has 1 aromatic carbocycles. The molecule has 0 bridgehead atoms. The molecule has 3 heteroatoms. The number of hydrogen-bond acceptors (Lipinski definition) is 1. The van der Waals surface area contributed by atoms with Crippen LogP contribution in [0.3, 0.4) is 0 Å². The minimum atomic E-state index is -0.184. The molecule has 1 fully saturated rings. The zero-order chi connectivity index (χ0) is 11.5. The highest BCUT2D eigenvalue weighted by Gasteiger charge is 2.30. The molecule has 0 saturated heterocycles. The van der Waals surface area contributed by atoms with Gasteiger partial charge in [0.15, 0.2) is 0 Å². The molecule has 1 nitrogen and oxygen atoms in total. The van der Waals surface area contributed by atoms with Gasteiger partial charge in [-0.15, -0.1) is 0 Å². The maximum atomic E-state index is 13.6. The van der Waals surface area contributed by atoms with Gasteiger partial charge in [0.1, 0.15) is 5.82 Å². The van der Waals surface area contributed by atoms with Crippen LogP contribution >= 0.6 is 11.6 Å². The van der Waals surface area contributed by atoms with E-state index in [-0.39, 0.29) is 5.82 Å². The molecule has 0 heterocycles. The largest absolute Gasteiger partial charge is 0.314 e. The third kappa shape index (κ3) is 2.96. The zero-order valence-corrected chi connectivity index (χ0v) is 10.2. The number of halogens is 2. The van der Waals surface area contributed by atoms with E-state index in [0.29, 0.717) is 11.1 Å². The lowest BCUT2D eigenvalue weighted by Crippen LogP contribution is -2.33. The van der Waals surface area contributed by atoms with Crippen molar-refractivity contribution in [3.05, 3.63) is 34.6 Å². The number of nitrogens with one attached hydrogen (secondary N) is 1. The summed E-state index contributed by atoms with van der Waals surface area (Å²) in [5.41, 5.74) is 0.766. The molecular weight excluding hydrogens is 225 g/mol. The molecule has 0 aliphatic heterocycles. The predicted molar refractivity (Wildman–Crippen MR) is 65.3 cm³/mol. The molecule has 1 saturated carbocycles. The molecular formula is C13H17ClFN. The summed E-state index contributed by atoms with van der Waals surface area (Å²) in [5.74, 6) is 0.547. The molecule has 1 aliphatic carbocycles. The van der Waals surface area contributed by atoms with Crippen molar-refractivity contribution in [3.8, 4) is 0 Å². The van der Waals surface area contributed by atoms with Crippen LogP contribution in [0.5, 0.6) is 0 Å². The smallest absolute Gasteiger partial charge is 0.127 e. The van der Waals surface area contributed by atoms with Crippen LogP contribution in [0.15, 0.2) is 18.2 Å². The summed E-state index contributed by atoms with van der Waals surface area (Å²) >= 11 is 5.73. The Kier molecular flexibility index (Phi) is 3.82. The normalized spacial score (nSPS) is 17.4. The van der Waals surface area contributed by atoms with Gasteiger partial charge in [-0.25, -0.2) is 4.39 Å². The lowest BCUT2D eigenvalue weighted by atomic mass is 10.0. The van der Waals surface area contributed by atoms with Crippen LogP contribution in [0.1, 0.15) is 25.3 Å². The molecule has 16 heavy (non-hydrogen) atoms. The van der Waals surface area contributed by atoms with E-state index in [1.165, 1.54) is 18.9 Å². The fourth-order valence-corrected chi connectivity index (χ4v) is 2.25. The van der Waals surface area contributed by atoms with Gasteiger partial charge in [-0.3, -0.25) is 0 Å². The maximum absolute atomic E-state index is 13.6. The molecule has 1 atom stereocenters. The number of hydrogen-bond donors (Lipinski definition) is 1. The second-order valence-electron chi connectivity index (χ2n) is 4.44. The summed E-state index contributed by atoms with van der Waals surface area (Å²) < 4.78 is 13.6. The van der Waals surface area contributed by atoms with Crippen LogP contribution in [-0.2, 0) is 6.42 Å². The fourth-order valence-electron chi connectivity index (χ4n) is 2.09. The summed E-state index contributed by atoms with van der Waals surface area (Å²) in [6.45, 7) is 3.03. The second kappa shape index (κ2) is 5.15. The van der Waals surface area contributed by atoms with Gasteiger partial charge in [0.25, 0.3) is 0 Å². The van der Waals surface area contributed by atoms with E-state index in [9.17, 15) is 4.39 Å². The Hall–Kier alpha value is -0.600. The SMILES string of the molecule is CCNC(Cc1ccc(Cl)cc1F)C1CC1. The van der Waals surface area contributed by atoms with Crippen LogP contribution in [0.25, 0.3) is 0 Å². The van der Waals surface area contributed by atoms with Crippen LogP contribution in [-0.4, -0.2) is 12.6 Å². The van der Waals surface area contributed by atoms with Gasteiger partial charge in [-0.1, -0.05) is 24.6 Å². The first-order chi connectivity index (χ1) is 7.70. The van der Waals surface area contributed by atoms with Crippen molar-refractivity contribution >= 4 is 11.6 Å². The minimum Gasteiger partial charge on any atom is -0.314 e. The molecule has 0 aromatic heterocycles. The Morgan fingerprint density at radius 1 is 1.50 bits per heavy atom. The fraction of sp³-hybridized carbons (Fsp3) is 0.538. The van der Waals surface area contributed by atoms with Gasteiger partial charge in [0, 0.05) is 11.1 Å². The Balaban J connectivity index is 2.05. The summed E-state index contributed by atoms with van der Waals surface area (Å²) in [6, 6.07) is 5.37.